The summed E-state index contributed by atoms with van der Waals surface area (Å²) in [5, 5.41) is 15.5. The van der Waals surface area contributed by atoms with Gasteiger partial charge in [-0.15, -0.1) is 0 Å². The molecule has 0 radical (unpaired) electrons. The molecule has 0 saturated carbocycles. The Morgan fingerprint density at radius 3 is 2.42 bits per heavy atom. The van der Waals surface area contributed by atoms with E-state index >= 15 is 0 Å². The maximum Gasteiger partial charge on any atom is 0.283 e. The number of aromatic nitrogens is 2. The van der Waals surface area contributed by atoms with Crippen LogP contribution in [0.3, 0.4) is 0 Å². The zero-order chi connectivity index (χ0) is 25.9. The van der Waals surface area contributed by atoms with Crippen LogP contribution in [0.2, 0.25) is 5.02 Å². The molecule has 1 aliphatic rings. The summed E-state index contributed by atoms with van der Waals surface area (Å²) in [5.41, 5.74) is 2.44. The number of nitrogens with one attached hydrogen (secondary N) is 1. The minimum absolute atomic E-state index is 0.144. The Balaban J connectivity index is 1.73. The van der Waals surface area contributed by atoms with Crippen molar-refractivity contribution in [2.45, 2.75) is 10.9 Å². The summed E-state index contributed by atoms with van der Waals surface area (Å²) < 4.78 is 52.7. The molecule has 36 heavy (non-hydrogen) atoms. The number of primary sulfonamides is 1. The molecule has 4 rings (SSSR count). The maximum absolute atomic E-state index is 13.0. The predicted molar refractivity (Wildman–Crippen MR) is 138 cm³/mol. The molecular formula is C22H24ClN7O4S2. The number of guanidine groups is 1. The number of sulfonamides is 2. The summed E-state index contributed by atoms with van der Waals surface area (Å²) in [7, 11) is -6.36. The van der Waals surface area contributed by atoms with Gasteiger partial charge in [-0.1, -0.05) is 54.1 Å². The summed E-state index contributed by atoms with van der Waals surface area (Å²) in [5.74, 6) is -0.838. The number of aliphatic imine (C=N–C) groups is 1. The fraction of sp³-hybridized carbons (Fsp3) is 0.227. The Labute approximate surface area is 214 Å². The number of hydrogen-bond acceptors (Lipinski definition) is 7. The normalized spacial score (nSPS) is 16.8. The number of hydrogen-bond donors (Lipinski definition) is 2. The molecular weight excluding hydrogens is 526 g/mol. The highest BCUT2D eigenvalue weighted by molar-refractivity contribution is 7.90. The van der Waals surface area contributed by atoms with Gasteiger partial charge in [-0.2, -0.15) is 18.6 Å². The average molecular weight is 550 g/mol. The first-order valence-corrected chi connectivity index (χ1v) is 14.3. The smallest absolute Gasteiger partial charge is 0.274 e. The van der Waals surface area contributed by atoms with Gasteiger partial charge in [-0.25, -0.2) is 28.3 Å². The molecule has 1 atom stereocenters. The SMILES string of the molecule is Cn1ccc(S(=O)(=O)N/C(=N\CCS(N)(=O)=O)N2C[C@@H](c3ccccc3)C(c3ccc(Cl)cc3)=N2)n1. The van der Waals surface area contributed by atoms with E-state index in [0.29, 0.717) is 10.7 Å². The van der Waals surface area contributed by atoms with Crippen LogP contribution < -0.4 is 9.86 Å². The molecule has 0 aliphatic carbocycles. The van der Waals surface area contributed by atoms with Gasteiger partial charge in [0.15, 0.2) is 5.03 Å². The predicted octanol–water partition coefficient (Wildman–Crippen LogP) is 1.50. The number of benzene rings is 2. The first kappa shape index (κ1) is 25.8. The highest BCUT2D eigenvalue weighted by atomic mass is 35.5. The van der Waals surface area contributed by atoms with E-state index in [2.05, 4.69) is 19.9 Å². The number of nitrogens with zero attached hydrogens (tertiary/aromatic N) is 5. The van der Waals surface area contributed by atoms with Crippen LogP contribution in [0.1, 0.15) is 17.0 Å². The lowest BCUT2D eigenvalue weighted by molar-refractivity contribution is 0.461. The fourth-order valence-electron chi connectivity index (χ4n) is 3.62. The van der Waals surface area contributed by atoms with E-state index in [1.54, 1.807) is 19.2 Å². The minimum atomic E-state index is -4.13. The fourth-order valence-corrected chi connectivity index (χ4v) is 5.08. The van der Waals surface area contributed by atoms with Crippen LogP contribution in [0.4, 0.5) is 0 Å². The van der Waals surface area contributed by atoms with Gasteiger partial charge in [0.25, 0.3) is 10.0 Å². The minimum Gasteiger partial charge on any atom is -0.274 e. The van der Waals surface area contributed by atoms with Gasteiger partial charge in [0.2, 0.25) is 16.0 Å². The van der Waals surface area contributed by atoms with E-state index < -0.39 is 25.8 Å². The lowest BCUT2D eigenvalue weighted by Crippen LogP contribution is -2.42. The first-order valence-electron chi connectivity index (χ1n) is 10.8. The molecule has 0 unspecified atom stereocenters. The Hall–Kier alpha value is -3.26. The van der Waals surface area contributed by atoms with Crippen LogP contribution in [0.25, 0.3) is 0 Å². The molecule has 1 aliphatic heterocycles. The second-order valence-electron chi connectivity index (χ2n) is 8.04. The van der Waals surface area contributed by atoms with Crippen molar-refractivity contribution in [1.82, 2.24) is 19.5 Å². The number of halogens is 1. The summed E-state index contributed by atoms with van der Waals surface area (Å²) >= 11 is 6.06. The van der Waals surface area contributed by atoms with Crippen molar-refractivity contribution < 1.29 is 16.8 Å². The maximum atomic E-state index is 13.0. The lowest BCUT2D eigenvalue weighted by Gasteiger charge is -2.19. The molecule has 2 aromatic carbocycles. The van der Waals surface area contributed by atoms with Crippen LogP contribution in [0.15, 0.2) is 82.0 Å². The number of hydrazone groups is 1. The zero-order valence-corrected chi connectivity index (χ0v) is 21.6. The molecule has 14 heteroatoms. The molecule has 0 fully saturated rings. The van der Waals surface area contributed by atoms with Crippen molar-refractivity contribution in [1.29, 1.82) is 0 Å². The third-order valence-electron chi connectivity index (χ3n) is 5.33. The second kappa shape index (κ2) is 10.4. The molecule has 2 heterocycles. The quantitative estimate of drug-likeness (QED) is 0.336. The van der Waals surface area contributed by atoms with Crippen LogP contribution in [0.5, 0.6) is 0 Å². The van der Waals surface area contributed by atoms with E-state index in [9.17, 15) is 16.8 Å². The summed E-state index contributed by atoms with van der Waals surface area (Å²) in [4.78, 5) is 4.21. The van der Waals surface area contributed by atoms with Crippen LogP contribution in [0, 0.1) is 0 Å². The van der Waals surface area contributed by atoms with E-state index in [-0.39, 0.29) is 30.0 Å². The number of nitrogens with two attached hydrogens (primary N) is 1. The monoisotopic (exact) mass is 549 g/mol. The van der Waals surface area contributed by atoms with Crippen LogP contribution >= 0.6 is 11.6 Å². The van der Waals surface area contributed by atoms with Gasteiger partial charge < -0.3 is 0 Å². The van der Waals surface area contributed by atoms with Crippen molar-refractivity contribution in [2.24, 2.45) is 22.3 Å². The summed E-state index contributed by atoms with van der Waals surface area (Å²) in [6.45, 7) is -0.0157. The Bertz CT molecular complexity index is 1500. The largest absolute Gasteiger partial charge is 0.283 e. The van der Waals surface area contributed by atoms with E-state index in [1.165, 1.54) is 22.0 Å². The molecule has 0 amide bonds. The van der Waals surface area contributed by atoms with Gasteiger partial charge in [0.05, 0.1) is 24.6 Å². The molecule has 0 saturated heterocycles. The first-order chi connectivity index (χ1) is 17.0. The Kier molecular flexibility index (Phi) is 7.45. The van der Waals surface area contributed by atoms with Gasteiger partial charge >= 0.3 is 0 Å². The van der Waals surface area contributed by atoms with Crippen molar-refractivity contribution in [2.75, 3.05) is 18.8 Å². The topological polar surface area (TPSA) is 152 Å². The van der Waals surface area contributed by atoms with Crippen molar-refractivity contribution in [3.63, 3.8) is 0 Å². The average Bonchev–Trinajstić information content (AvgIpc) is 3.46. The second-order valence-corrected chi connectivity index (χ2v) is 11.8. The standard InChI is InChI=1S/C22H24ClN7O4S2/c1-29-13-11-20(26-29)36(33,34)28-22(25-12-14-35(24,31)32)30-15-19(16-5-3-2-4-6-16)21(27-30)17-7-9-18(23)10-8-17/h2-11,13,19H,12,14-15H2,1H3,(H,25,28)(H2,24,31,32)/t19-/m0/s1. The van der Waals surface area contributed by atoms with Gasteiger partial charge in [0, 0.05) is 24.2 Å². The molecule has 0 spiro atoms. The highest BCUT2D eigenvalue weighted by Crippen LogP contribution is 2.29. The third-order valence-corrected chi connectivity index (χ3v) is 7.55. The van der Waals surface area contributed by atoms with Crippen LogP contribution in [-0.2, 0) is 27.1 Å². The number of rotatable bonds is 7. The van der Waals surface area contributed by atoms with E-state index in [1.807, 2.05) is 42.5 Å². The molecule has 190 valence electrons. The number of aryl methyl sites for hydroxylation is 1. The third kappa shape index (κ3) is 6.29. The molecule has 3 N–H and O–H groups in total. The van der Waals surface area contributed by atoms with E-state index in [0.717, 1.165) is 11.1 Å². The van der Waals surface area contributed by atoms with Crippen LogP contribution in [-0.4, -0.2) is 62.1 Å². The molecule has 11 nitrogen and oxygen atoms in total. The van der Waals surface area contributed by atoms with E-state index in [4.69, 9.17) is 16.7 Å². The van der Waals surface area contributed by atoms with Crippen molar-refractivity contribution in [3.8, 4) is 0 Å². The van der Waals surface area contributed by atoms with Gasteiger partial charge in [0.1, 0.15) is 0 Å². The molecule has 0 bridgehead atoms. The molecule has 3 aromatic rings. The Morgan fingerprint density at radius 1 is 1.11 bits per heavy atom. The zero-order valence-electron chi connectivity index (χ0n) is 19.2. The molecule has 1 aromatic heterocycles. The highest BCUT2D eigenvalue weighted by Gasteiger charge is 2.33. The Morgan fingerprint density at radius 2 is 1.81 bits per heavy atom. The van der Waals surface area contributed by atoms with Gasteiger partial charge in [-0.05, 0) is 29.3 Å². The van der Waals surface area contributed by atoms with Crippen molar-refractivity contribution in [3.05, 3.63) is 83.0 Å². The summed E-state index contributed by atoms with van der Waals surface area (Å²) in [6.07, 6.45) is 1.49. The lowest BCUT2D eigenvalue weighted by atomic mass is 9.91. The van der Waals surface area contributed by atoms with Gasteiger partial charge in [-0.3, -0.25) is 4.68 Å². The van der Waals surface area contributed by atoms with Crippen molar-refractivity contribution >= 4 is 43.3 Å². The summed E-state index contributed by atoms with van der Waals surface area (Å²) in [6, 6.07) is 18.1.